The highest BCUT2D eigenvalue weighted by atomic mass is 35.5. The fourth-order valence-corrected chi connectivity index (χ4v) is 2.62. The molecule has 5 nitrogen and oxygen atoms in total. The Balaban J connectivity index is 1.92. The van der Waals surface area contributed by atoms with Crippen LogP contribution in [0.25, 0.3) is 0 Å². The molecule has 0 amide bonds. The molecule has 20 heavy (non-hydrogen) atoms. The maximum Gasteiger partial charge on any atom is 0.229 e. The van der Waals surface area contributed by atoms with E-state index in [0.29, 0.717) is 11.8 Å². The maximum atomic E-state index is 5.75. The van der Waals surface area contributed by atoms with E-state index in [1.54, 1.807) is 26.5 Å². The summed E-state index contributed by atoms with van der Waals surface area (Å²) in [5.41, 5.74) is 0. The topological polar surface area (TPSA) is 43.8 Å². The lowest BCUT2D eigenvalue weighted by Crippen LogP contribution is -2.64. The van der Waals surface area contributed by atoms with Gasteiger partial charge in [-0.05, 0) is 18.6 Å². The van der Waals surface area contributed by atoms with E-state index in [4.69, 9.17) is 25.8 Å². The zero-order chi connectivity index (χ0) is 14.6. The van der Waals surface area contributed by atoms with Gasteiger partial charge in [0, 0.05) is 33.2 Å². The lowest BCUT2D eigenvalue weighted by atomic mass is 10.0. The zero-order valence-electron chi connectivity index (χ0n) is 12.1. The van der Waals surface area contributed by atoms with E-state index in [9.17, 15) is 0 Å². The van der Waals surface area contributed by atoms with Crippen LogP contribution in [-0.2, 0) is 9.47 Å². The van der Waals surface area contributed by atoms with E-state index in [1.165, 1.54) is 0 Å². The predicted molar refractivity (Wildman–Crippen MR) is 76.9 cm³/mol. The van der Waals surface area contributed by atoms with Gasteiger partial charge in [0.1, 0.15) is 17.5 Å². The molecule has 2 rings (SSSR count). The molecule has 0 unspecified atom stereocenters. The van der Waals surface area contributed by atoms with Gasteiger partial charge in [-0.25, -0.2) is 9.88 Å². The van der Waals surface area contributed by atoms with Crippen LogP contribution in [0.4, 0.5) is 0 Å². The van der Waals surface area contributed by atoms with Crippen LogP contribution in [-0.4, -0.2) is 49.2 Å². The zero-order valence-corrected chi connectivity index (χ0v) is 12.9. The van der Waals surface area contributed by atoms with Crippen molar-refractivity contribution in [3.8, 4) is 5.75 Å². The predicted octanol–water partition coefficient (Wildman–Crippen LogP) is 2.54. The molecule has 0 saturated carbocycles. The summed E-state index contributed by atoms with van der Waals surface area (Å²) in [6.07, 6.45) is 3.46. The van der Waals surface area contributed by atoms with Gasteiger partial charge in [0.2, 0.25) is 5.91 Å². The fraction of sp³-hybridized carbons (Fsp3) is 0.643. The van der Waals surface area contributed by atoms with Crippen LogP contribution >= 0.6 is 11.6 Å². The normalized spacial score (nSPS) is 19.7. The number of halogens is 1. The summed E-state index contributed by atoms with van der Waals surface area (Å²) < 4.78 is 16.9. The molecule has 0 aromatic carbocycles. The van der Waals surface area contributed by atoms with Crippen LogP contribution in [0, 0.1) is 0 Å². The van der Waals surface area contributed by atoms with E-state index in [-0.39, 0.29) is 6.04 Å². The molecule has 112 valence electrons. The van der Waals surface area contributed by atoms with Gasteiger partial charge in [-0.1, -0.05) is 18.5 Å². The Morgan fingerprint density at radius 1 is 1.40 bits per heavy atom. The lowest BCUT2D eigenvalue weighted by Gasteiger charge is -2.51. The minimum atomic E-state index is -0.648. The second-order valence-electron chi connectivity index (χ2n) is 4.74. The lowest BCUT2D eigenvalue weighted by molar-refractivity contribution is -0.326. The average molecular weight is 301 g/mol. The van der Waals surface area contributed by atoms with Crippen LogP contribution in [0.1, 0.15) is 19.8 Å². The number of aromatic nitrogens is 1. The van der Waals surface area contributed by atoms with Gasteiger partial charge in [-0.15, -0.1) is 0 Å². The second-order valence-corrected chi connectivity index (χ2v) is 5.13. The number of rotatable bonds is 7. The number of hydrogen-bond donors (Lipinski definition) is 0. The van der Waals surface area contributed by atoms with Gasteiger partial charge in [-0.2, -0.15) is 0 Å². The van der Waals surface area contributed by atoms with Crippen LogP contribution in [0.2, 0.25) is 5.15 Å². The second kappa shape index (κ2) is 6.72. The number of likely N-dealkylation sites (tertiary alicyclic amines) is 1. The molecule has 1 aliphatic rings. The van der Waals surface area contributed by atoms with Crippen molar-refractivity contribution in [1.82, 2.24) is 9.88 Å². The molecule has 0 bridgehead atoms. The first-order valence-corrected chi connectivity index (χ1v) is 7.14. The maximum absolute atomic E-state index is 5.75. The van der Waals surface area contributed by atoms with E-state index in [1.807, 2.05) is 13.0 Å². The van der Waals surface area contributed by atoms with Gasteiger partial charge >= 0.3 is 0 Å². The van der Waals surface area contributed by atoms with Crippen molar-refractivity contribution >= 4 is 11.6 Å². The largest absolute Gasteiger partial charge is 0.490 e. The Morgan fingerprint density at radius 2 is 2.15 bits per heavy atom. The van der Waals surface area contributed by atoms with E-state index >= 15 is 0 Å². The molecule has 2 heterocycles. The van der Waals surface area contributed by atoms with Crippen molar-refractivity contribution in [3.05, 3.63) is 23.5 Å². The molecule has 1 fully saturated rings. The quantitative estimate of drug-likeness (QED) is 0.572. The summed E-state index contributed by atoms with van der Waals surface area (Å²) in [4.78, 5) is 6.19. The highest BCUT2D eigenvalue weighted by Crippen LogP contribution is 2.32. The van der Waals surface area contributed by atoms with Crippen molar-refractivity contribution in [2.75, 3.05) is 27.4 Å². The minimum absolute atomic E-state index is 0.283. The first kappa shape index (κ1) is 15.5. The Hall–Kier alpha value is -0.880. The van der Waals surface area contributed by atoms with E-state index in [2.05, 4.69) is 9.88 Å². The highest BCUT2D eigenvalue weighted by Gasteiger charge is 2.45. The highest BCUT2D eigenvalue weighted by molar-refractivity contribution is 6.29. The molecule has 0 aliphatic carbocycles. The molecular formula is C14H21ClN2O3. The van der Waals surface area contributed by atoms with Crippen molar-refractivity contribution < 1.29 is 14.2 Å². The van der Waals surface area contributed by atoms with Crippen molar-refractivity contribution in [2.24, 2.45) is 0 Å². The Kier molecular flexibility index (Phi) is 5.21. The van der Waals surface area contributed by atoms with Crippen LogP contribution in [0.5, 0.6) is 5.75 Å². The summed E-state index contributed by atoms with van der Waals surface area (Å²) >= 11 is 5.74. The summed E-state index contributed by atoms with van der Waals surface area (Å²) in [6.45, 7) is 3.58. The van der Waals surface area contributed by atoms with Crippen molar-refractivity contribution in [3.63, 3.8) is 0 Å². The van der Waals surface area contributed by atoms with Crippen LogP contribution in [0.15, 0.2) is 18.3 Å². The fourth-order valence-electron chi connectivity index (χ4n) is 2.51. The van der Waals surface area contributed by atoms with Crippen LogP contribution in [0.3, 0.4) is 0 Å². The molecule has 0 spiro atoms. The van der Waals surface area contributed by atoms with Gasteiger partial charge in [0.05, 0.1) is 6.20 Å². The van der Waals surface area contributed by atoms with Crippen LogP contribution < -0.4 is 4.74 Å². The molecule has 0 N–H and O–H groups in total. The minimum Gasteiger partial charge on any atom is -0.490 e. The Labute approximate surface area is 124 Å². The molecular weight excluding hydrogens is 280 g/mol. The molecule has 1 aromatic heterocycles. The smallest absolute Gasteiger partial charge is 0.229 e. The number of ether oxygens (including phenoxy) is 3. The average Bonchev–Trinajstić information content (AvgIpc) is 2.45. The molecule has 1 saturated heterocycles. The third kappa shape index (κ3) is 3.06. The number of hydrogen-bond acceptors (Lipinski definition) is 5. The van der Waals surface area contributed by atoms with Crippen molar-refractivity contribution in [2.45, 2.75) is 31.7 Å². The number of methoxy groups -OCH3 is 2. The number of pyridine rings is 1. The standard InChI is InChI=1S/C14H21ClN2O3/c1-4-14(18-2,19-3)17-8-7-11(17)10-20-12-5-6-13(15)16-9-12/h5-6,9,11H,4,7-8,10H2,1-3H3/t11-/m1/s1. The first-order valence-electron chi connectivity index (χ1n) is 6.76. The molecule has 1 aromatic rings. The summed E-state index contributed by atoms with van der Waals surface area (Å²) in [5.74, 6) is 0.0722. The van der Waals surface area contributed by atoms with Gasteiger partial charge in [-0.3, -0.25) is 0 Å². The van der Waals surface area contributed by atoms with Gasteiger partial charge in [0.25, 0.3) is 0 Å². The monoisotopic (exact) mass is 300 g/mol. The van der Waals surface area contributed by atoms with Crippen molar-refractivity contribution in [1.29, 1.82) is 0 Å². The summed E-state index contributed by atoms with van der Waals surface area (Å²) in [6, 6.07) is 3.82. The Morgan fingerprint density at radius 3 is 2.60 bits per heavy atom. The van der Waals surface area contributed by atoms with E-state index < -0.39 is 5.91 Å². The Bertz CT molecular complexity index is 415. The first-order chi connectivity index (χ1) is 9.65. The molecule has 0 radical (unpaired) electrons. The molecule has 1 aliphatic heterocycles. The third-order valence-corrected chi connectivity index (χ3v) is 4.03. The summed E-state index contributed by atoms with van der Waals surface area (Å²) in [7, 11) is 3.35. The van der Waals surface area contributed by atoms with Gasteiger partial charge < -0.3 is 14.2 Å². The van der Waals surface area contributed by atoms with E-state index in [0.717, 1.165) is 25.1 Å². The number of nitrogens with zero attached hydrogens (tertiary/aromatic N) is 2. The van der Waals surface area contributed by atoms with Gasteiger partial charge in [0.15, 0.2) is 0 Å². The third-order valence-electron chi connectivity index (χ3n) is 3.81. The molecule has 6 heteroatoms. The summed E-state index contributed by atoms with van der Waals surface area (Å²) in [5, 5.41) is 0.464. The SMILES string of the molecule is CCC(OC)(OC)N1CC[C@@H]1COc1ccc(Cl)nc1. The molecule has 1 atom stereocenters.